The largest absolute Gasteiger partial charge is 0.419 e. The molecule has 1 saturated carbocycles. The summed E-state index contributed by atoms with van der Waals surface area (Å²) in [5.74, 6) is 2.30. The molecule has 1 aromatic carbocycles. The van der Waals surface area contributed by atoms with Crippen molar-refractivity contribution in [2.75, 3.05) is 0 Å². The van der Waals surface area contributed by atoms with E-state index in [2.05, 4.69) is 25.1 Å². The van der Waals surface area contributed by atoms with Gasteiger partial charge in [-0.2, -0.15) is 0 Å². The van der Waals surface area contributed by atoms with Crippen LogP contribution >= 0.6 is 0 Å². The zero-order valence-corrected chi connectivity index (χ0v) is 13.3. The zero-order valence-electron chi connectivity index (χ0n) is 13.3. The quantitative estimate of drug-likeness (QED) is 0.598. The summed E-state index contributed by atoms with van der Waals surface area (Å²) in [6.45, 7) is 0. The Hall–Kier alpha value is -3.22. The number of aromatic nitrogens is 5. The van der Waals surface area contributed by atoms with Crippen LogP contribution in [-0.2, 0) is 6.42 Å². The molecule has 0 unspecified atom stereocenters. The molecule has 0 atom stereocenters. The van der Waals surface area contributed by atoms with Crippen LogP contribution in [0.1, 0.15) is 36.0 Å². The molecule has 1 aliphatic rings. The summed E-state index contributed by atoms with van der Waals surface area (Å²) in [5, 5.41) is 9.10. The van der Waals surface area contributed by atoms with Crippen LogP contribution in [0.15, 0.2) is 45.7 Å². The van der Waals surface area contributed by atoms with Crippen molar-refractivity contribution in [3.8, 4) is 11.6 Å². The Morgan fingerprint density at radius 3 is 2.92 bits per heavy atom. The first-order valence-electron chi connectivity index (χ1n) is 8.25. The van der Waals surface area contributed by atoms with E-state index >= 15 is 0 Å². The maximum absolute atomic E-state index is 12.2. The van der Waals surface area contributed by atoms with Crippen LogP contribution in [0.4, 0.5) is 0 Å². The van der Waals surface area contributed by atoms with Crippen molar-refractivity contribution < 1.29 is 4.42 Å². The minimum atomic E-state index is -0.143. The number of H-pyrrole nitrogens is 2. The average Bonchev–Trinajstić information content (AvgIpc) is 3.17. The van der Waals surface area contributed by atoms with Gasteiger partial charge in [-0.1, -0.05) is 18.2 Å². The fourth-order valence-electron chi connectivity index (χ4n) is 2.93. The lowest BCUT2D eigenvalue weighted by molar-refractivity contribution is 0.516. The van der Waals surface area contributed by atoms with Gasteiger partial charge in [0.1, 0.15) is 11.5 Å². The van der Waals surface area contributed by atoms with E-state index in [1.165, 1.54) is 12.8 Å². The Morgan fingerprint density at radius 2 is 2.04 bits per heavy atom. The maximum Gasteiger partial charge on any atom is 0.265 e. The third-order valence-electron chi connectivity index (χ3n) is 4.43. The van der Waals surface area contributed by atoms with Crippen LogP contribution in [0.3, 0.4) is 0 Å². The second kappa shape index (κ2) is 5.41. The number of hydrogen-bond acceptors (Lipinski definition) is 5. The number of imidazole rings is 1. The summed E-state index contributed by atoms with van der Waals surface area (Å²) in [5.41, 5.74) is 1.98. The van der Waals surface area contributed by atoms with Crippen molar-refractivity contribution >= 4 is 10.9 Å². The molecular weight excluding hydrogens is 318 g/mol. The zero-order chi connectivity index (χ0) is 16.8. The van der Waals surface area contributed by atoms with Gasteiger partial charge in [0.05, 0.1) is 12.6 Å². The first kappa shape index (κ1) is 14.2. The summed E-state index contributed by atoms with van der Waals surface area (Å²) in [4.78, 5) is 22.7. The molecule has 7 nitrogen and oxygen atoms in total. The van der Waals surface area contributed by atoms with E-state index < -0.39 is 0 Å². The third-order valence-corrected chi connectivity index (χ3v) is 4.43. The molecule has 4 aromatic rings. The van der Waals surface area contributed by atoms with Gasteiger partial charge in [0.15, 0.2) is 0 Å². The van der Waals surface area contributed by atoms with Gasteiger partial charge >= 0.3 is 0 Å². The van der Waals surface area contributed by atoms with Crippen molar-refractivity contribution in [3.05, 3.63) is 64.2 Å². The molecule has 25 heavy (non-hydrogen) atoms. The molecule has 1 aliphatic carbocycles. The first-order valence-corrected chi connectivity index (χ1v) is 8.25. The maximum atomic E-state index is 12.2. The van der Waals surface area contributed by atoms with Crippen LogP contribution in [0.25, 0.3) is 22.5 Å². The standard InChI is InChI=1S/C18H15N5O2/c24-17-12(7-11-3-1-2-4-13(11)21-17)8-15-22-23-18(25-15)14-9-19-16(20-14)10-5-6-10/h1-4,7,9-10H,5-6,8H2,(H,19,20)(H,21,24). The number of fused-ring (bicyclic) bond motifs is 1. The molecule has 5 rings (SSSR count). The summed E-state index contributed by atoms with van der Waals surface area (Å²) < 4.78 is 5.71. The van der Waals surface area contributed by atoms with Gasteiger partial charge in [-0.3, -0.25) is 4.79 Å². The summed E-state index contributed by atoms with van der Waals surface area (Å²) in [6.07, 6.45) is 4.35. The summed E-state index contributed by atoms with van der Waals surface area (Å²) >= 11 is 0. The van der Waals surface area contributed by atoms with Crippen molar-refractivity contribution in [1.29, 1.82) is 0 Å². The number of rotatable bonds is 4. The van der Waals surface area contributed by atoms with E-state index in [0.717, 1.165) is 16.7 Å². The van der Waals surface area contributed by atoms with Crippen molar-refractivity contribution in [2.45, 2.75) is 25.2 Å². The fourth-order valence-corrected chi connectivity index (χ4v) is 2.93. The van der Waals surface area contributed by atoms with Crippen LogP contribution < -0.4 is 5.56 Å². The number of aromatic amines is 2. The highest BCUT2D eigenvalue weighted by atomic mass is 16.4. The van der Waals surface area contributed by atoms with E-state index in [9.17, 15) is 4.79 Å². The van der Waals surface area contributed by atoms with Gasteiger partial charge in [-0.25, -0.2) is 4.98 Å². The smallest absolute Gasteiger partial charge is 0.265 e. The molecule has 3 heterocycles. The average molecular weight is 333 g/mol. The highest BCUT2D eigenvalue weighted by Gasteiger charge is 2.27. The second-order valence-electron chi connectivity index (χ2n) is 6.35. The van der Waals surface area contributed by atoms with Crippen LogP contribution in [0.2, 0.25) is 0 Å². The van der Waals surface area contributed by atoms with Gasteiger partial charge in [-0.05, 0) is 30.4 Å². The molecule has 0 spiro atoms. The lowest BCUT2D eigenvalue weighted by Gasteiger charge is -2.00. The normalized spacial score (nSPS) is 14.2. The molecule has 0 amide bonds. The van der Waals surface area contributed by atoms with Crippen LogP contribution in [0.5, 0.6) is 0 Å². The summed E-state index contributed by atoms with van der Waals surface area (Å²) in [7, 11) is 0. The number of benzene rings is 1. The first-order chi connectivity index (χ1) is 12.3. The summed E-state index contributed by atoms with van der Waals surface area (Å²) in [6, 6.07) is 9.52. The van der Waals surface area contributed by atoms with Gasteiger partial charge in [-0.15, -0.1) is 10.2 Å². The van der Waals surface area contributed by atoms with E-state index in [-0.39, 0.29) is 12.0 Å². The molecule has 2 N–H and O–H groups in total. The third kappa shape index (κ3) is 2.63. The van der Waals surface area contributed by atoms with E-state index in [4.69, 9.17) is 4.42 Å². The Bertz CT molecular complexity index is 1120. The molecule has 0 bridgehead atoms. The minimum Gasteiger partial charge on any atom is -0.419 e. The van der Waals surface area contributed by atoms with Gasteiger partial charge < -0.3 is 14.4 Å². The van der Waals surface area contributed by atoms with Crippen molar-refractivity contribution in [3.63, 3.8) is 0 Å². The Labute approximate surface area is 142 Å². The van der Waals surface area contributed by atoms with Crippen molar-refractivity contribution in [1.82, 2.24) is 25.1 Å². The van der Waals surface area contributed by atoms with Crippen molar-refractivity contribution in [2.24, 2.45) is 0 Å². The van der Waals surface area contributed by atoms with E-state index in [0.29, 0.717) is 29.0 Å². The van der Waals surface area contributed by atoms with Gasteiger partial charge in [0.2, 0.25) is 5.89 Å². The Morgan fingerprint density at radius 1 is 1.16 bits per heavy atom. The molecule has 0 radical (unpaired) electrons. The molecule has 3 aromatic heterocycles. The molecule has 7 heteroatoms. The lowest BCUT2D eigenvalue weighted by Crippen LogP contribution is -2.12. The monoisotopic (exact) mass is 333 g/mol. The van der Waals surface area contributed by atoms with Crippen LogP contribution in [0, 0.1) is 0 Å². The second-order valence-corrected chi connectivity index (χ2v) is 6.35. The lowest BCUT2D eigenvalue weighted by atomic mass is 10.1. The molecule has 124 valence electrons. The Kier molecular flexibility index (Phi) is 3.06. The molecular formula is C18H15N5O2. The Balaban J connectivity index is 1.43. The van der Waals surface area contributed by atoms with E-state index in [1.54, 1.807) is 6.20 Å². The van der Waals surface area contributed by atoms with Gasteiger partial charge in [0, 0.05) is 17.0 Å². The SMILES string of the molecule is O=c1[nH]c2ccccc2cc1Cc1nnc(-c2cnc(C3CC3)[nH]2)o1. The number of pyridine rings is 1. The number of nitrogens with one attached hydrogen (secondary N) is 2. The van der Waals surface area contributed by atoms with Crippen LogP contribution in [-0.4, -0.2) is 25.1 Å². The number of para-hydroxylation sites is 1. The molecule has 1 fully saturated rings. The molecule has 0 aliphatic heterocycles. The number of hydrogen-bond donors (Lipinski definition) is 2. The highest BCUT2D eigenvalue weighted by Crippen LogP contribution is 2.38. The van der Waals surface area contributed by atoms with Gasteiger partial charge in [0.25, 0.3) is 11.4 Å². The number of nitrogens with zero attached hydrogens (tertiary/aromatic N) is 3. The topological polar surface area (TPSA) is 100 Å². The fraction of sp³-hybridized carbons (Fsp3) is 0.222. The molecule has 0 saturated heterocycles. The van der Waals surface area contributed by atoms with E-state index in [1.807, 2.05) is 30.3 Å². The highest BCUT2D eigenvalue weighted by molar-refractivity contribution is 5.78. The predicted octanol–water partition coefficient (Wildman–Crippen LogP) is 2.77. The predicted molar refractivity (Wildman–Crippen MR) is 91.2 cm³/mol. The minimum absolute atomic E-state index is 0.143.